The fourth-order valence-corrected chi connectivity index (χ4v) is 3.40. The maximum Gasteiger partial charge on any atom is 0.259 e. The average Bonchev–Trinajstić information content (AvgIpc) is 3.29. The van der Waals surface area contributed by atoms with E-state index in [2.05, 4.69) is 27.6 Å². The number of nitrogens with one attached hydrogen (secondary N) is 1. The van der Waals surface area contributed by atoms with Crippen LogP contribution in [0.5, 0.6) is 0 Å². The Kier molecular flexibility index (Phi) is 6.55. The highest BCUT2D eigenvalue weighted by Gasteiger charge is 2.13. The summed E-state index contributed by atoms with van der Waals surface area (Å²) in [6.07, 6.45) is 3.28. The summed E-state index contributed by atoms with van der Waals surface area (Å²) in [6.45, 7) is 2.47. The minimum absolute atomic E-state index is 0.0725. The lowest BCUT2D eigenvalue weighted by Gasteiger charge is -2.08. The first-order valence-electron chi connectivity index (χ1n) is 10.5. The van der Waals surface area contributed by atoms with Gasteiger partial charge in [-0.3, -0.25) is 9.59 Å². The quantitative estimate of drug-likeness (QED) is 0.433. The summed E-state index contributed by atoms with van der Waals surface area (Å²) in [4.78, 5) is 29.0. The van der Waals surface area contributed by atoms with Gasteiger partial charge in [-0.25, -0.2) is 0 Å². The van der Waals surface area contributed by atoms with Crippen LogP contribution in [0.1, 0.15) is 17.5 Å². The number of rotatable bonds is 8. The van der Waals surface area contributed by atoms with Crippen molar-refractivity contribution in [2.75, 3.05) is 6.54 Å². The van der Waals surface area contributed by atoms with Gasteiger partial charge in [0.15, 0.2) is 0 Å². The van der Waals surface area contributed by atoms with E-state index in [1.54, 1.807) is 12.3 Å². The first-order chi connectivity index (χ1) is 15.6. The molecule has 7 heteroatoms. The summed E-state index contributed by atoms with van der Waals surface area (Å²) in [6, 6.07) is 20.9. The Morgan fingerprint density at radius 2 is 1.88 bits per heavy atom. The van der Waals surface area contributed by atoms with E-state index < -0.39 is 0 Å². The number of carbonyl (C=O) groups is 1. The summed E-state index contributed by atoms with van der Waals surface area (Å²) < 4.78 is 6.73. The zero-order valence-electron chi connectivity index (χ0n) is 17.8. The van der Waals surface area contributed by atoms with Crippen LogP contribution >= 0.6 is 0 Å². The maximum atomic E-state index is 12.3. The normalized spacial score (nSPS) is 10.8. The van der Waals surface area contributed by atoms with Crippen molar-refractivity contribution in [2.24, 2.45) is 0 Å². The predicted octanol–water partition coefficient (Wildman–Crippen LogP) is 3.62. The van der Waals surface area contributed by atoms with Crippen molar-refractivity contribution < 1.29 is 9.32 Å². The lowest BCUT2D eigenvalue weighted by Crippen LogP contribution is -2.32. The van der Waals surface area contributed by atoms with Gasteiger partial charge in [-0.05, 0) is 37.5 Å². The number of nitrogens with zero attached hydrogens (tertiary/aromatic N) is 3. The lowest BCUT2D eigenvalue weighted by molar-refractivity contribution is -0.121. The topological polar surface area (TPSA) is 90.0 Å². The van der Waals surface area contributed by atoms with Gasteiger partial charge in [-0.15, -0.1) is 0 Å². The largest absolute Gasteiger partial charge is 0.355 e. The minimum Gasteiger partial charge on any atom is -0.355 e. The van der Waals surface area contributed by atoms with Gasteiger partial charge in [0.25, 0.3) is 11.4 Å². The molecule has 0 bridgehead atoms. The number of benzene rings is 2. The van der Waals surface area contributed by atoms with Crippen LogP contribution in [0.25, 0.3) is 22.8 Å². The Balaban J connectivity index is 1.38. The monoisotopic (exact) mass is 428 g/mol. The number of amides is 1. The fraction of sp³-hybridized carbons (Fsp3) is 0.200. The summed E-state index contributed by atoms with van der Waals surface area (Å²) >= 11 is 0. The third kappa shape index (κ3) is 5.37. The SMILES string of the molecule is Cc1cccc(-c2noc(-c3ccc(=O)n(CC(=O)NCCCc4ccccc4)c3)n2)c1. The molecule has 0 aliphatic heterocycles. The standard InChI is InChI=1S/C25H24N4O3/c1-18-7-5-11-20(15-18)24-27-25(32-28-24)21-12-13-23(31)29(16-21)17-22(30)26-14-6-10-19-8-3-2-4-9-19/h2-5,7-9,11-13,15-16H,6,10,14,17H2,1H3,(H,26,30). The maximum absolute atomic E-state index is 12.3. The van der Waals surface area contributed by atoms with Gasteiger partial charge in [-0.2, -0.15) is 4.98 Å². The molecule has 4 rings (SSSR count). The Bertz CT molecular complexity index is 1260. The Morgan fingerprint density at radius 1 is 1.03 bits per heavy atom. The van der Waals surface area contributed by atoms with Crippen LogP contribution in [0.3, 0.4) is 0 Å². The Morgan fingerprint density at radius 3 is 2.69 bits per heavy atom. The van der Waals surface area contributed by atoms with Crippen LogP contribution in [0.2, 0.25) is 0 Å². The van der Waals surface area contributed by atoms with Crippen LogP contribution in [-0.4, -0.2) is 27.2 Å². The van der Waals surface area contributed by atoms with E-state index in [4.69, 9.17) is 4.52 Å². The predicted molar refractivity (Wildman–Crippen MR) is 122 cm³/mol. The van der Waals surface area contributed by atoms with E-state index in [0.717, 1.165) is 24.0 Å². The second-order valence-electron chi connectivity index (χ2n) is 7.62. The van der Waals surface area contributed by atoms with Crippen LogP contribution < -0.4 is 10.9 Å². The first kappa shape index (κ1) is 21.2. The van der Waals surface area contributed by atoms with Crippen molar-refractivity contribution >= 4 is 5.91 Å². The van der Waals surface area contributed by atoms with E-state index in [9.17, 15) is 9.59 Å². The molecule has 4 aromatic rings. The van der Waals surface area contributed by atoms with Gasteiger partial charge < -0.3 is 14.4 Å². The lowest BCUT2D eigenvalue weighted by atomic mass is 10.1. The summed E-state index contributed by atoms with van der Waals surface area (Å²) in [5, 5.41) is 6.91. The third-order valence-electron chi connectivity index (χ3n) is 5.05. The minimum atomic E-state index is -0.272. The molecule has 0 saturated carbocycles. The molecule has 32 heavy (non-hydrogen) atoms. The van der Waals surface area contributed by atoms with Gasteiger partial charge in [0.2, 0.25) is 11.7 Å². The van der Waals surface area contributed by atoms with E-state index in [1.165, 1.54) is 16.2 Å². The summed E-state index contributed by atoms with van der Waals surface area (Å²) in [5.74, 6) is 0.541. The molecule has 0 saturated heterocycles. The van der Waals surface area contributed by atoms with Crippen molar-refractivity contribution in [3.63, 3.8) is 0 Å². The molecule has 2 heterocycles. The van der Waals surface area contributed by atoms with Gasteiger partial charge in [0, 0.05) is 24.4 Å². The highest BCUT2D eigenvalue weighted by Crippen LogP contribution is 2.22. The summed E-state index contributed by atoms with van der Waals surface area (Å²) in [7, 11) is 0. The van der Waals surface area contributed by atoms with Crippen molar-refractivity contribution in [3.05, 3.63) is 94.4 Å². The van der Waals surface area contributed by atoms with E-state index in [0.29, 0.717) is 23.8 Å². The molecule has 0 spiro atoms. The average molecular weight is 428 g/mol. The Hall–Kier alpha value is -4.00. The highest BCUT2D eigenvalue weighted by molar-refractivity contribution is 5.75. The molecule has 0 atom stereocenters. The summed E-state index contributed by atoms with van der Waals surface area (Å²) in [5.41, 5.74) is 3.48. The van der Waals surface area contributed by atoms with Gasteiger partial charge in [-0.1, -0.05) is 59.3 Å². The van der Waals surface area contributed by atoms with Crippen LogP contribution in [-0.2, 0) is 17.8 Å². The highest BCUT2D eigenvalue weighted by atomic mass is 16.5. The van der Waals surface area contributed by atoms with Crippen molar-refractivity contribution in [1.29, 1.82) is 0 Å². The number of hydrogen-bond donors (Lipinski definition) is 1. The zero-order valence-corrected chi connectivity index (χ0v) is 17.8. The van der Waals surface area contributed by atoms with Gasteiger partial charge >= 0.3 is 0 Å². The molecule has 0 radical (unpaired) electrons. The van der Waals surface area contributed by atoms with E-state index in [1.807, 2.05) is 49.4 Å². The van der Waals surface area contributed by atoms with E-state index >= 15 is 0 Å². The van der Waals surface area contributed by atoms with Crippen LogP contribution in [0, 0.1) is 6.92 Å². The molecular weight excluding hydrogens is 404 g/mol. The molecule has 1 amide bonds. The number of carbonyl (C=O) groups excluding carboxylic acids is 1. The first-order valence-corrected chi connectivity index (χ1v) is 10.5. The molecule has 7 nitrogen and oxygen atoms in total. The fourth-order valence-electron chi connectivity index (χ4n) is 3.40. The van der Waals surface area contributed by atoms with E-state index in [-0.39, 0.29) is 18.0 Å². The number of aromatic nitrogens is 3. The molecule has 0 unspecified atom stereocenters. The molecule has 0 fully saturated rings. The number of pyridine rings is 1. The second-order valence-corrected chi connectivity index (χ2v) is 7.62. The van der Waals surface area contributed by atoms with Crippen molar-refractivity contribution in [2.45, 2.75) is 26.3 Å². The molecule has 162 valence electrons. The van der Waals surface area contributed by atoms with Gasteiger partial charge in [0.05, 0.1) is 5.56 Å². The van der Waals surface area contributed by atoms with Crippen LogP contribution in [0.4, 0.5) is 0 Å². The van der Waals surface area contributed by atoms with Gasteiger partial charge in [0.1, 0.15) is 6.54 Å². The smallest absolute Gasteiger partial charge is 0.259 e. The molecule has 0 aliphatic rings. The zero-order chi connectivity index (χ0) is 22.3. The molecule has 2 aromatic heterocycles. The van der Waals surface area contributed by atoms with Crippen molar-refractivity contribution in [1.82, 2.24) is 20.0 Å². The Labute approximate surface area is 185 Å². The molecule has 1 N–H and O–H groups in total. The number of aryl methyl sites for hydroxylation is 2. The molecular formula is C25H24N4O3. The molecule has 2 aromatic carbocycles. The third-order valence-corrected chi connectivity index (χ3v) is 5.05. The van der Waals surface area contributed by atoms with Crippen molar-refractivity contribution in [3.8, 4) is 22.8 Å². The second kappa shape index (κ2) is 9.87. The molecule has 0 aliphatic carbocycles. The number of hydrogen-bond acceptors (Lipinski definition) is 5. The van der Waals surface area contributed by atoms with Crippen LogP contribution in [0.15, 0.2) is 82.2 Å².